The molecular weight excluding hydrogens is 496 g/mol. The first kappa shape index (κ1) is 25.9. The molecule has 0 saturated heterocycles. The SMILES string of the molecule is CSCC(=O)NCc1ccc(NC[C@](O)(c2cc(Cl)c(Cl)c(Cl)c2)C(F)(F)F)cc1C. The highest BCUT2D eigenvalue weighted by molar-refractivity contribution is 7.99. The Labute approximate surface area is 197 Å². The van der Waals surface area contributed by atoms with Gasteiger partial charge in [0.2, 0.25) is 11.5 Å². The lowest BCUT2D eigenvalue weighted by molar-refractivity contribution is -0.260. The highest BCUT2D eigenvalue weighted by atomic mass is 35.5. The molecular formula is C20H20Cl3F3N2O2S. The summed E-state index contributed by atoms with van der Waals surface area (Å²) in [6, 6.07) is 6.78. The maximum Gasteiger partial charge on any atom is 0.423 e. The number of alkyl halides is 3. The first-order valence-electron chi connectivity index (χ1n) is 8.92. The average molecular weight is 516 g/mol. The molecule has 0 aromatic heterocycles. The number of rotatable bonds is 8. The van der Waals surface area contributed by atoms with Crippen LogP contribution in [0.2, 0.25) is 15.1 Å². The van der Waals surface area contributed by atoms with Crippen LogP contribution in [-0.4, -0.2) is 35.7 Å². The lowest BCUT2D eigenvalue weighted by Crippen LogP contribution is -2.47. The van der Waals surface area contributed by atoms with E-state index in [-0.39, 0.29) is 21.0 Å². The van der Waals surface area contributed by atoms with E-state index in [2.05, 4.69) is 10.6 Å². The molecule has 1 atom stereocenters. The quantitative estimate of drug-likeness (QED) is 0.389. The smallest absolute Gasteiger partial charge is 0.381 e. The summed E-state index contributed by atoms with van der Waals surface area (Å²) < 4.78 is 41.4. The number of carbonyl (C=O) groups excluding carboxylic acids is 1. The van der Waals surface area contributed by atoms with Crippen LogP contribution < -0.4 is 10.6 Å². The first-order chi connectivity index (χ1) is 14.4. The van der Waals surface area contributed by atoms with Crippen LogP contribution in [0.15, 0.2) is 30.3 Å². The van der Waals surface area contributed by atoms with Crippen LogP contribution in [0.1, 0.15) is 16.7 Å². The second-order valence-corrected chi connectivity index (χ2v) is 8.87. The Morgan fingerprint density at radius 1 is 1.13 bits per heavy atom. The molecule has 0 aliphatic heterocycles. The summed E-state index contributed by atoms with van der Waals surface area (Å²) >= 11 is 18.9. The minimum Gasteiger partial charge on any atom is -0.381 e. The lowest BCUT2D eigenvalue weighted by atomic mass is 9.92. The summed E-state index contributed by atoms with van der Waals surface area (Å²) in [7, 11) is 0. The van der Waals surface area contributed by atoms with Gasteiger partial charge in [-0.2, -0.15) is 24.9 Å². The van der Waals surface area contributed by atoms with Gasteiger partial charge in [0, 0.05) is 12.2 Å². The van der Waals surface area contributed by atoms with E-state index in [0.29, 0.717) is 18.0 Å². The fourth-order valence-corrected chi connectivity index (χ4v) is 3.73. The van der Waals surface area contributed by atoms with Crippen molar-refractivity contribution in [3.63, 3.8) is 0 Å². The Balaban J connectivity index is 2.21. The Morgan fingerprint density at radius 2 is 1.74 bits per heavy atom. The number of anilines is 1. The minimum atomic E-state index is -5.02. The number of nitrogens with one attached hydrogen (secondary N) is 2. The van der Waals surface area contributed by atoms with Crippen LogP contribution in [0.25, 0.3) is 0 Å². The summed E-state index contributed by atoms with van der Waals surface area (Å²) in [6.45, 7) is 1.20. The van der Waals surface area contributed by atoms with Gasteiger partial charge < -0.3 is 15.7 Å². The fourth-order valence-electron chi connectivity index (χ4n) is 2.77. The second kappa shape index (κ2) is 10.5. The van der Waals surface area contributed by atoms with Crippen molar-refractivity contribution in [1.29, 1.82) is 0 Å². The largest absolute Gasteiger partial charge is 0.423 e. The Kier molecular flexibility index (Phi) is 8.81. The topological polar surface area (TPSA) is 61.4 Å². The van der Waals surface area contributed by atoms with Crippen molar-refractivity contribution in [3.8, 4) is 0 Å². The summed E-state index contributed by atoms with van der Waals surface area (Å²) in [6.07, 6.45) is -3.20. The van der Waals surface area contributed by atoms with Crippen LogP contribution in [0.5, 0.6) is 0 Å². The zero-order chi connectivity index (χ0) is 23.4. The van der Waals surface area contributed by atoms with Gasteiger partial charge in [0.1, 0.15) is 0 Å². The number of carbonyl (C=O) groups is 1. The van der Waals surface area contributed by atoms with Crippen LogP contribution in [0, 0.1) is 6.92 Å². The van der Waals surface area contributed by atoms with Crippen molar-refractivity contribution in [2.75, 3.05) is 23.9 Å². The first-order valence-corrected chi connectivity index (χ1v) is 11.4. The molecule has 0 bridgehead atoms. The fraction of sp³-hybridized carbons (Fsp3) is 0.350. The van der Waals surface area contributed by atoms with E-state index in [0.717, 1.165) is 23.3 Å². The molecule has 0 unspecified atom stereocenters. The molecule has 11 heteroatoms. The zero-order valence-corrected chi connectivity index (χ0v) is 19.6. The van der Waals surface area contributed by atoms with Gasteiger partial charge in [-0.15, -0.1) is 0 Å². The zero-order valence-electron chi connectivity index (χ0n) is 16.5. The molecule has 2 aromatic carbocycles. The van der Waals surface area contributed by atoms with Crippen molar-refractivity contribution in [2.24, 2.45) is 0 Å². The van der Waals surface area contributed by atoms with E-state index in [1.54, 1.807) is 25.1 Å². The summed E-state index contributed by atoms with van der Waals surface area (Å²) in [5.74, 6) is 0.234. The molecule has 0 saturated carbocycles. The van der Waals surface area contributed by atoms with Crippen LogP contribution >= 0.6 is 46.6 Å². The summed E-state index contributed by atoms with van der Waals surface area (Å²) in [5, 5.41) is 15.4. The molecule has 1 amide bonds. The molecule has 31 heavy (non-hydrogen) atoms. The maximum atomic E-state index is 13.8. The summed E-state index contributed by atoms with van der Waals surface area (Å²) in [4.78, 5) is 11.6. The highest BCUT2D eigenvalue weighted by Crippen LogP contribution is 2.43. The Hall–Kier alpha value is -1.32. The highest BCUT2D eigenvalue weighted by Gasteiger charge is 2.55. The molecule has 0 aliphatic rings. The Morgan fingerprint density at radius 3 is 2.26 bits per heavy atom. The maximum absolute atomic E-state index is 13.8. The van der Waals surface area contributed by atoms with Crippen molar-refractivity contribution in [1.82, 2.24) is 5.32 Å². The van der Waals surface area contributed by atoms with Crippen molar-refractivity contribution >= 4 is 58.2 Å². The Bertz CT molecular complexity index is 937. The molecule has 2 rings (SSSR count). The normalized spacial score (nSPS) is 13.6. The molecule has 0 heterocycles. The van der Waals surface area contributed by atoms with E-state index in [1.807, 2.05) is 6.26 Å². The van der Waals surface area contributed by atoms with E-state index >= 15 is 0 Å². The van der Waals surface area contributed by atoms with Gasteiger partial charge in [0.05, 0.1) is 27.4 Å². The van der Waals surface area contributed by atoms with E-state index in [9.17, 15) is 23.1 Å². The predicted molar refractivity (Wildman–Crippen MR) is 121 cm³/mol. The number of hydrogen-bond acceptors (Lipinski definition) is 4. The van der Waals surface area contributed by atoms with Gasteiger partial charge in [-0.3, -0.25) is 4.79 Å². The van der Waals surface area contributed by atoms with Gasteiger partial charge >= 0.3 is 6.18 Å². The van der Waals surface area contributed by atoms with Gasteiger partial charge in [0.25, 0.3) is 0 Å². The van der Waals surface area contributed by atoms with E-state index in [1.165, 1.54) is 11.8 Å². The number of amides is 1. The number of halogens is 6. The number of aryl methyl sites for hydroxylation is 1. The van der Waals surface area contributed by atoms with Gasteiger partial charge in [0.15, 0.2) is 0 Å². The third-order valence-corrected chi connectivity index (χ3v) is 6.32. The molecule has 0 spiro atoms. The number of aliphatic hydroxyl groups is 1. The van der Waals surface area contributed by atoms with Gasteiger partial charge in [-0.05, 0) is 54.1 Å². The molecule has 170 valence electrons. The standard InChI is InChI=1S/C20H20Cl3F3N2O2S/c1-11-5-14(4-3-12(11)8-27-17(29)9-31-2)28-10-19(30,20(24,25)26)13-6-15(21)18(23)16(22)7-13/h3-7,28,30H,8-10H2,1-2H3,(H,27,29)/t19-/m0/s1. The molecule has 0 aliphatic carbocycles. The van der Waals surface area contributed by atoms with Gasteiger partial charge in [-0.25, -0.2) is 0 Å². The number of thioether (sulfide) groups is 1. The molecule has 0 radical (unpaired) electrons. The van der Waals surface area contributed by atoms with E-state index < -0.39 is 23.9 Å². The predicted octanol–water partition coefficient (Wildman–Crippen LogP) is 5.80. The third kappa shape index (κ3) is 6.35. The molecule has 4 nitrogen and oxygen atoms in total. The monoisotopic (exact) mass is 514 g/mol. The van der Waals surface area contributed by atoms with Crippen molar-refractivity contribution in [2.45, 2.75) is 25.2 Å². The van der Waals surface area contributed by atoms with Crippen LogP contribution in [0.4, 0.5) is 18.9 Å². The molecule has 3 N–H and O–H groups in total. The van der Waals surface area contributed by atoms with Crippen molar-refractivity contribution in [3.05, 3.63) is 62.1 Å². The van der Waals surface area contributed by atoms with Crippen LogP contribution in [0.3, 0.4) is 0 Å². The molecule has 0 fully saturated rings. The second-order valence-electron chi connectivity index (χ2n) is 6.82. The number of benzene rings is 2. The lowest BCUT2D eigenvalue weighted by Gasteiger charge is -2.32. The summed E-state index contributed by atoms with van der Waals surface area (Å²) in [5.41, 5.74) is -1.84. The third-order valence-electron chi connectivity index (χ3n) is 4.57. The van der Waals surface area contributed by atoms with E-state index in [4.69, 9.17) is 34.8 Å². The van der Waals surface area contributed by atoms with Crippen LogP contribution in [-0.2, 0) is 16.9 Å². The molecule has 2 aromatic rings. The minimum absolute atomic E-state index is 0.0968. The number of hydrogen-bond donors (Lipinski definition) is 3. The van der Waals surface area contributed by atoms with Crippen molar-refractivity contribution < 1.29 is 23.1 Å². The van der Waals surface area contributed by atoms with Gasteiger partial charge in [-0.1, -0.05) is 40.9 Å². The average Bonchev–Trinajstić information content (AvgIpc) is 2.68.